The molecule has 0 radical (unpaired) electrons. The molecule has 4 nitrogen and oxygen atoms in total. The molecule has 1 unspecified atom stereocenters. The van der Waals surface area contributed by atoms with Gasteiger partial charge in [0.1, 0.15) is 0 Å². The molecule has 0 fully saturated rings. The van der Waals surface area contributed by atoms with Gasteiger partial charge in [0.2, 0.25) is 0 Å². The average Bonchev–Trinajstić information content (AvgIpc) is 2.57. The lowest BCUT2D eigenvalue weighted by Crippen LogP contribution is -2.84. The lowest BCUT2D eigenvalue weighted by Gasteiger charge is -2.52. The van der Waals surface area contributed by atoms with Crippen LogP contribution in [0, 0.1) is 0 Å². The summed E-state index contributed by atoms with van der Waals surface area (Å²) in [6.45, 7) is -0.946. The zero-order valence-electron chi connectivity index (χ0n) is 16.7. The largest absolute Gasteiger partial charge is 0.460 e. The Morgan fingerprint density at radius 1 is 0.618 bits per heavy atom. The van der Waals surface area contributed by atoms with Crippen LogP contribution in [-0.2, 0) is 10.0 Å². The van der Waals surface area contributed by atoms with Crippen molar-refractivity contribution in [2.45, 2.75) is 60.2 Å². The minimum atomic E-state index is -8.51. The lowest BCUT2D eigenvalue weighted by molar-refractivity contribution is -0.984. The van der Waals surface area contributed by atoms with Gasteiger partial charge in [-0.05, 0) is 6.42 Å². The maximum absolute atomic E-state index is 15.4. The van der Waals surface area contributed by atoms with Gasteiger partial charge in [-0.2, -0.15) is 70.2 Å². The fraction of sp³-hybridized carbons (Fsp3) is 1.00. The summed E-state index contributed by atoms with van der Waals surface area (Å²) >= 11 is 0. The van der Waals surface area contributed by atoms with Crippen LogP contribution in [0.25, 0.3) is 0 Å². The Morgan fingerprint density at radius 2 is 0.941 bits per heavy atom. The summed E-state index contributed by atoms with van der Waals surface area (Å²) in [5.41, 5.74) is 0. The highest BCUT2D eigenvalue weighted by Crippen LogP contribution is 2.65. The van der Waals surface area contributed by atoms with E-state index in [4.69, 9.17) is 0 Å². The van der Waals surface area contributed by atoms with Crippen LogP contribution in [0.3, 0.4) is 0 Å². The molecule has 0 aromatic rings. The van der Waals surface area contributed by atoms with E-state index >= 15 is 4.39 Å². The molecule has 1 atom stereocenters. The molecular weight excluding hydrogens is 552 g/mol. The van der Waals surface area contributed by atoms with E-state index in [0.717, 1.165) is 6.92 Å². The van der Waals surface area contributed by atoms with E-state index < -0.39 is 74.3 Å². The van der Waals surface area contributed by atoms with Crippen LogP contribution < -0.4 is 5.14 Å². The Morgan fingerprint density at radius 3 is 1.21 bits per heavy atom. The third-order valence-electron chi connectivity index (χ3n) is 4.71. The molecule has 21 heteroatoms. The predicted octanol–water partition coefficient (Wildman–Crippen LogP) is 4.76. The Hall–Kier alpha value is -1.25. The standard InChI is InChI=1S/C13H15F16N2O2S/c1-4-5-31(2,3)11(24,10(22,23)13(28,29)34(30,32)33)8(18,19)6(14,15)7(16,17)9(20,21)12(25,26)27/h4-5H2,1-3H3,(H2,30,32,33)/q+1. The molecule has 0 aromatic heterocycles. The number of nitrogens with zero attached hydrogens (tertiary/aromatic N) is 1. The van der Waals surface area contributed by atoms with Gasteiger partial charge in [0, 0.05) is 0 Å². The smallest absolute Gasteiger partial charge is 0.286 e. The van der Waals surface area contributed by atoms with E-state index in [0.29, 0.717) is 0 Å². The molecular formula is C13H15F16N2O2S+. The molecule has 2 N–H and O–H groups in total. The van der Waals surface area contributed by atoms with Gasteiger partial charge in [-0.1, -0.05) is 6.92 Å². The molecule has 0 aliphatic carbocycles. The van der Waals surface area contributed by atoms with Gasteiger partial charge < -0.3 is 0 Å². The zero-order valence-corrected chi connectivity index (χ0v) is 17.5. The summed E-state index contributed by atoms with van der Waals surface area (Å²) in [5.74, 6) is -48.4. The van der Waals surface area contributed by atoms with Crippen LogP contribution in [0.1, 0.15) is 13.3 Å². The Labute approximate surface area is 180 Å². The normalized spacial score (nSPS) is 18.1. The van der Waals surface area contributed by atoms with Crippen LogP contribution in [0.15, 0.2) is 0 Å². The third kappa shape index (κ3) is 3.88. The van der Waals surface area contributed by atoms with Crippen molar-refractivity contribution in [3.8, 4) is 0 Å². The topological polar surface area (TPSA) is 60.2 Å². The van der Waals surface area contributed by atoms with Crippen molar-refractivity contribution in [3.63, 3.8) is 0 Å². The Balaban J connectivity index is 7.74. The van der Waals surface area contributed by atoms with Gasteiger partial charge in [0.25, 0.3) is 10.0 Å². The van der Waals surface area contributed by atoms with Gasteiger partial charge in [0.05, 0.1) is 20.6 Å². The average molecular weight is 567 g/mol. The molecule has 0 heterocycles. The first-order valence-corrected chi connectivity index (χ1v) is 9.73. The summed E-state index contributed by atoms with van der Waals surface area (Å²) in [6.07, 6.45) is -8.66. The Bertz CT molecular complexity index is 867. The number of quaternary nitrogens is 1. The van der Waals surface area contributed by atoms with Crippen molar-refractivity contribution >= 4 is 10.0 Å². The monoisotopic (exact) mass is 567 g/mol. The predicted molar refractivity (Wildman–Crippen MR) is 79.9 cm³/mol. The van der Waals surface area contributed by atoms with Crippen molar-refractivity contribution in [1.29, 1.82) is 0 Å². The third-order valence-corrected chi connectivity index (χ3v) is 5.68. The first-order chi connectivity index (χ1) is 14.3. The van der Waals surface area contributed by atoms with E-state index in [1.54, 1.807) is 0 Å². The van der Waals surface area contributed by atoms with Crippen LogP contribution in [0.2, 0.25) is 0 Å². The first kappa shape index (κ1) is 32.8. The van der Waals surface area contributed by atoms with Gasteiger partial charge in [-0.25, -0.2) is 13.6 Å². The van der Waals surface area contributed by atoms with Crippen molar-refractivity contribution in [2.24, 2.45) is 5.14 Å². The minimum Gasteiger partial charge on any atom is -0.286 e. The van der Waals surface area contributed by atoms with Gasteiger partial charge in [-0.15, -0.1) is 0 Å². The van der Waals surface area contributed by atoms with Crippen molar-refractivity contribution in [2.75, 3.05) is 20.6 Å². The number of hydrogen-bond donors (Lipinski definition) is 1. The van der Waals surface area contributed by atoms with E-state index in [1.165, 1.54) is 0 Å². The lowest BCUT2D eigenvalue weighted by atomic mass is 9.85. The highest BCUT2D eigenvalue weighted by Gasteiger charge is 2.99. The molecule has 206 valence electrons. The SMILES string of the molecule is CCC[N+](C)(C)C(F)(C(F)(F)C(F)(F)C(F)(F)C(F)(F)C(F)(F)F)C(F)(F)C(F)(F)S(N)(=O)=O. The number of hydrogen-bond acceptors (Lipinski definition) is 2. The highest BCUT2D eigenvalue weighted by atomic mass is 32.2. The van der Waals surface area contributed by atoms with E-state index in [-0.39, 0.29) is 14.1 Å². The second-order valence-corrected chi connectivity index (χ2v) is 9.06. The quantitative estimate of drug-likeness (QED) is 0.235. The second-order valence-electron chi connectivity index (χ2n) is 7.46. The van der Waals surface area contributed by atoms with E-state index in [9.17, 15) is 74.3 Å². The molecule has 0 rings (SSSR count). The van der Waals surface area contributed by atoms with Gasteiger partial charge >= 0.3 is 46.8 Å². The molecule has 0 spiro atoms. The molecule has 0 aromatic carbocycles. The van der Waals surface area contributed by atoms with E-state index in [1.807, 2.05) is 0 Å². The van der Waals surface area contributed by atoms with Crippen LogP contribution in [0.4, 0.5) is 70.2 Å². The number of primary sulfonamides is 1. The molecule has 0 bridgehead atoms. The maximum atomic E-state index is 15.4. The number of alkyl halides is 16. The number of rotatable bonds is 10. The summed E-state index contributed by atoms with van der Waals surface area (Å²) in [7, 11) is -7.99. The minimum absolute atomic E-state index is 0.374. The maximum Gasteiger partial charge on any atom is 0.460 e. The second kappa shape index (κ2) is 8.13. The van der Waals surface area contributed by atoms with Crippen LogP contribution in [-0.4, -0.2) is 80.4 Å². The van der Waals surface area contributed by atoms with Gasteiger partial charge in [-0.3, -0.25) is 4.48 Å². The van der Waals surface area contributed by atoms with Crippen molar-refractivity contribution in [1.82, 2.24) is 0 Å². The number of sulfonamides is 1. The van der Waals surface area contributed by atoms with E-state index in [2.05, 4.69) is 5.14 Å². The highest BCUT2D eigenvalue weighted by molar-refractivity contribution is 7.90. The molecule has 0 saturated carbocycles. The fourth-order valence-electron chi connectivity index (χ4n) is 2.82. The fourth-order valence-corrected chi connectivity index (χ4v) is 3.31. The van der Waals surface area contributed by atoms with Crippen molar-refractivity contribution < 1.29 is 83.1 Å². The van der Waals surface area contributed by atoms with Crippen LogP contribution >= 0.6 is 0 Å². The summed E-state index contributed by atoms with van der Waals surface area (Å²) in [6, 6.07) is 0. The van der Waals surface area contributed by atoms with Crippen molar-refractivity contribution in [3.05, 3.63) is 0 Å². The molecule has 0 amide bonds. The summed E-state index contributed by atoms with van der Waals surface area (Å²) < 4.78 is 237. The molecule has 0 aliphatic rings. The summed E-state index contributed by atoms with van der Waals surface area (Å²) in [5, 5.41) is -3.61. The molecule has 0 saturated heterocycles. The Kier molecular flexibility index (Phi) is 7.84. The summed E-state index contributed by atoms with van der Waals surface area (Å²) in [4.78, 5) is 0. The molecule has 0 aliphatic heterocycles. The molecule has 34 heavy (non-hydrogen) atoms. The van der Waals surface area contributed by atoms with Gasteiger partial charge in [0.15, 0.2) is 0 Å². The number of halogens is 16. The van der Waals surface area contributed by atoms with Crippen LogP contribution in [0.5, 0.6) is 0 Å². The first-order valence-electron chi connectivity index (χ1n) is 8.19. The number of nitrogens with two attached hydrogens (primary N) is 1. The zero-order chi connectivity index (χ0) is 28.4.